The maximum Gasteiger partial charge on any atom is 0.181 e. The standard InChI is InChI=1S/C14H17BrN2O/c1-14(2,3)17-8-12-13(18-9-16-12)10-5-4-6-11(15)7-10/h4-7,9,17H,8H2,1-3H3. The van der Waals surface area contributed by atoms with E-state index in [0.717, 1.165) is 21.5 Å². The van der Waals surface area contributed by atoms with Crippen LogP contribution in [0.3, 0.4) is 0 Å². The van der Waals surface area contributed by atoms with Crippen LogP contribution in [-0.2, 0) is 6.54 Å². The highest BCUT2D eigenvalue weighted by Gasteiger charge is 2.14. The van der Waals surface area contributed by atoms with Gasteiger partial charge in [-0.3, -0.25) is 0 Å². The van der Waals surface area contributed by atoms with Crippen LogP contribution in [0.1, 0.15) is 26.5 Å². The van der Waals surface area contributed by atoms with Gasteiger partial charge >= 0.3 is 0 Å². The Morgan fingerprint density at radius 3 is 2.78 bits per heavy atom. The molecule has 0 amide bonds. The van der Waals surface area contributed by atoms with Gasteiger partial charge in [0.2, 0.25) is 0 Å². The zero-order chi connectivity index (χ0) is 13.2. The number of rotatable bonds is 3. The van der Waals surface area contributed by atoms with Crippen LogP contribution in [0.2, 0.25) is 0 Å². The van der Waals surface area contributed by atoms with Crippen molar-refractivity contribution in [3.63, 3.8) is 0 Å². The minimum atomic E-state index is 0.0630. The molecular formula is C14H17BrN2O. The normalized spacial score (nSPS) is 11.8. The van der Waals surface area contributed by atoms with E-state index in [1.807, 2.05) is 24.3 Å². The highest BCUT2D eigenvalue weighted by molar-refractivity contribution is 9.10. The van der Waals surface area contributed by atoms with Crippen molar-refractivity contribution in [2.24, 2.45) is 0 Å². The zero-order valence-corrected chi connectivity index (χ0v) is 12.4. The first-order chi connectivity index (χ1) is 8.46. The number of halogens is 1. The first kappa shape index (κ1) is 13.3. The Labute approximate surface area is 116 Å². The smallest absolute Gasteiger partial charge is 0.181 e. The van der Waals surface area contributed by atoms with Crippen molar-refractivity contribution >= 4 is 15.9 Å². The van der Waals surface area contributed by atoms with Crippen LogP contribution in [0.5, 0.6) is 0 Å². The van der Waals surface area contributed by atoms with E-state index in [2.05, 4.69) is 47.0 Å². The fraction of sp³-hybridized carbons (Fsp3) is 0.357. The maximum atomic E-state index is 5.50. The first-order valence-electron chi connectivity index (χ1n) is 5.89. The third-order valence-electron chi connectivity index (χ3n) is 2.51. The lowest BCUT2D eigenvalue weighted by molar-refractivity contribution is 0.421. The van der Waals surface area contributed by atoms with Gasteiger partial charge in [0, 0.05) is 22.1 Å². The van der Waals surface area contributed by atoms with Crippen LogP contribution in [0, 0.1) is 0 Å². The predicted octanol–water partition coefficient (Wildman–Crippen LogP) is 3.99. The Balaban J connectivity index is 2.23. The van der Waals surface area contributed by atoms with Crippen LogP contribution in [-0.4, -0.2) is 10.5 Å². The number of hydrogen-bond donors (Lipinski definition) is 1. The summed E-state index contributed by atoms with van der Waals surface area (Å²) in [6.07, 6.45) is 1.50. The zero-order valence-electron chi connectivity index (χ0n) is 10.8. The Morgan fingerprint density at radius 1 is 1.33 bits per heavy atom. The SMILES string of the molecule is CC(C)(C)NCc1ncoc1-c1cccc(Br)c1. The van der Waals surface area contributed by atoms with Crippen molar-refractivity contribution in [2.75, 3.05) is 0 Å². The van der Waals surface area contributed by atoms with E-state index in [1.54, 1.807) is 0 Å². The van der Waals surface area contributed by atoms with Crippen molar-refractivity contribution in [2.45, 2.75) is 32.9 Å². The van der Waals surface area contributed by atoms with Gasteiger partial charge < -0.3 is 9.73 Å². The molecule has 0 atom stereocenters. The molecule has 4 heteroatoms. The van der Waals surface area contributed by atoms with Gasteiger partial charge in [-0.1, -0.05) is 28.1 Å². The van der Waals surface area contributed by atoms with E-state index in [0.29, 0.717) is 6.54 Å². The average molecular weight is 309 g/mol. The molecule has 1 aromatic carbocycles. The summed E-state index contributed by atoms with van der Waals surface area (Å²) in [5.74, 6) is 0.827. The first-order valence-corrected chi connectivity index (χ1v) is 6.68. The Kier molecular flexibility index (Phi) is 3.88. The Hall–Kier alpha value is -1.13. The summed E-state index contributed by atoms with van der Waals surface area (Å²) in [5, 5.41) is 3.41. The molecular weight excluding hydrogens is 292 g/mol. The van der Waals surface area contributed by atoms with Gasteiger partial charge in [0.25, 0.3) is 0 Å². The third kappa shape index (κ3) is 3.43. The maximum absolute atomic E-state index is 5.50. The molecule has 0 unspecified atom stereocenters. The minimum Gasteiger partial charge on any atom is -0.443 e. The largest absolute Gasteiger partial charge is 0.443 e. The van der Waals surface area contributed by atoms with Crippen LogP contribution in [0.15, 0.2) is 39.5 Å². The summed E-state index contributed by atoms with van der Waals surface area (Å²) < 4.78 is 6.53. The molecule has 2 rings (SSSR count). The van der Waals surface area contributed by atoms with Crippen molar-refractivity contribution in [1.82, 2.24) is 10.3 Å². The van der Waals surface area contributed by atoms with E-state index in [4.69, 9.17) is 4.42 Å². The summed E-state index contributed by atoms with van der Waals surface area (Å²) in [7, 11) is 0. The number of nitrogens with one attached hydrogen (secondary N) is 1. The Morgan fingerprint density at radius 2 is 2.11 bits per heavy atom. The van der Waals surface area contributed by atoms with Crippen LogP contribution in [0.4, 0.5) is 0 Å². The van der Waals surface area contributed by atoms with Gasteiger partial charge in [-0.05, 0) is 32.9 Å². The summed E-state index contributed by atoms with van der Waals surface area (Å²) in [5.41, 5.74) is 2.03. The lowest BCUT2D eigenvalue weighted by Gasteiger charge is -2.19. The number of hydrogen-bond acceptors (Lipinski definition) is 3. The summed E-state index contributed by atoms with van der Waals surface area (Å²) in [6.45, 7) is 7.09. The molecule has 3 nitrogen and oxygen atoms in total. The van der Waals surface area contributed by atoms with Crippen molar-refractivity contribution < 1.29 is 4.42 Å². The average Bonchev–Trinajstić information content (AvgIpc) is 2.73. The van der Waals surface area contributed by atoms with E-state index < -0.39 is 0 Å². The molecule has 0 fully saturated rings. The fourth-order valence-electron chi connectivity index (χ4n) is 1.61. The lowest BCUT2D eigenvalue weighted by Crippen LogP contribution is -2.35. The molecule has 1 N–H and O–H groups in total. The molecule has 0 saturated heterocycles. The molecule has 96 valence electrons. The van der Waals surface area contributed by atoms with E-state index in [1.165, 1.54) is 6.39 Å². The molecule has 1 aromatic heterocycles. The predicted molar refractivity (Wildman–Crippen MR) is 76.2 cm³/mol. The molecule has 0 aliphatic carbocycles. The monoisotopic (exact) mass is 308 g/mol. The van der Waals surface area contributed by atoms with Gasteiger partial charge in [-0.15, -0.1) is 0 Å². The highest BCUT2D eigenvalue weighted by Crippen LogP contribution is 2.26. The second kappa shape index (κ2) is 5.24. The number of oxazole rings is 1. The van der Waals surface area contributed by atoms with Crippen LogP contribution < -0.4 is 5.32 Å². The molecule has 1 heterocycles. The van der Waals surface area contributed by atoms with E-state index in [-0.39, 0.29) is 5.54 Å². The van der Waals surface area contributed by atoms with E-state index in [9.17, 15) is 0 Å². The highest BCUT2D eigenvalue weighted by atomic mass is 79.9. The molecule has 0 aliphatic rings. The summed E-state index contributed by atoms with van der Waals surface area (Å²) >= 11 is 3.47. The minimum absolute atomic E-state index is 0.0630. The number of benzene rings is 1. The molecule has 0 spiro atoms. The molecule has 0 bridgehead atoms. The van der Waals surface area contributed by atoms with Crippen molar-refractivity contribution in [1.29, 1.82) is 0 Å². The second-order valence-corrected chi connectivity index (χ2v) is 6.16. The van der Waals surface area contributed by atoms with Crippen molar-refractivity contribution in [3.05, 3.63) is 40.8 Å². The van der Waals surface area contributed by atoms with Crippen molar-refractivity contribution in [3.8, 4) is 11.3 Å². The fourth-order valence-corrected chi connectivity index (χ4v) is 2.01. The lowest BCUT2D eigenvalue weighted by atomic mass is 10.1. The second-order valence-electron chi connectivity index (χ2n) is 5.24. The van der Waals surface area contributed by atoms with Gasteiger partial charge in [0.15, 0.2) is 12.2 Å². The molecule has 0 radical (unpaired) electrons. The summed E-state index contributed by atoms with van der Waals surface area (Å²) in [6, 6.07) is 8.03. The topological polar surface area (TPSA) is 38.1 Å². The number of aromatic nitrogens is 1. The summed E-state index contributed by atoms with van der Waals surface area (Å²) in [4.78, 5) is 4.28. The molecule has 0 saturated carbocycles. The van der Waals surface area contributed by atoms with E-state index >= 15 is 0 Å². The Bertz CT molecular complexity index is 529. The van der Waals surface area contributed by atoms with Gasteiger partial charge in [-0.25, -0.2) is 4.98 Å². The molecule has 18 heavy (non-hydrogen) atoms. The molecule has 0 aliphatic heterocycles. The van der Waals surface area contributed by atoms with Gasteiger partial charge in [0.1, 0.15) is 5.69 Å². The number of nitrogens with zero attached hydrogens (tertiary/aromatic N) is 1. The molecule has 2 aromatic rings. The van der Waals surface area contributed by atoms with Crippen LogP contribution in [0.25, 0.3) is 11.3 Å². The van der Waals surface area contributed by atoms with Gasteiger partial charge in [-0.2, -0.15) is 0 Å². The quantitative estimate of drug-likeness (QED) is 0.931. The van der Waals surface area contributed by atoms with Crippen LogP contribution >= 0.6 is 15.9 Å². The third-order valence-corrected chi connectivity index (χ3v) is 3.01. The van der Waals surface area contributed by atoms with Gasteiger partial charge in [0.05, 0.1) is 0 Å².